The Morgan fingerprint density at radius 3 is 2.10 bits per heavy atom. The number of nitrogens with one attached hydrogen (secondary N) is 1. The number of hydrogen-bond donors (Lipinski definition) is 1. The molecule has 0 bridgehead atoms. The third-order valence-corrected chi connectivity index (χ3v) is 6.00. The zero-order chi connectivity index (χ0) is 23.0. The summed E-state index contributed by atoms with van der Waals surface area (Å²) in [6.07, 6.45) is 1.95. The molecule has 0 aliphatic heterocycles. The highest BCUT2D eigenvalue weighted by molar-refractivity contribution is 7.92. The monoisotopic (exact) mass is 448 g/mol. The number of benzene rings is 2. The van der Waals surface area contributed by atoms with Crippen LogP contribution in [0.2, 0.25) is 0 Å². The number of amides is 1. The minimum Gasteiger partial charge on any atom is -0.490 e. The number of carbonyl (C=O) groups is 1. The highest BCUT2D eigenvalue weighted by Gasteiger charge is 2.29. The van der Waals surface area contributed by atoms with Gasteiger partial charge in [-0.3, -0.25) is 9.10 Å². The summed E-state index contributed by atoms with van der Waals surface area (Å²) in [5, 5.41) is 2.82. The van der Waals surface area contributed by atoms with E-state index in [1.807, 2.05) is 45.0 Å². The van der Waals surface area contributed by atoms with Gasteiger partial charge in [0.25, 0.3) is 0 Å². The van der Waals surface area contributed by atoms with Gasteiger partial charge >= 0.3 is 0 Å². The van der Waals surface area contributed by atoms with Crippen LogP contribution < -0.4 is 19.1 Å². The molecule has 1 unspecified atom stereocenters. The molecular weight excluding hydrogens is 416 g/mol. The van der Waals surface area contributed by atoms with Crippen molar-refractivity contribution in [2.75, 3.05) is 23.8 Å². The molecule has 0 saturated carbocycles. The Labute approximate surface area is 185 Å². The number of aryl methyl sites for hydroxylation is 1. The molecule has 1 atom stereocenters. The molecule has 31 heavy (non-hydrogen) atoms. The molecule has 0 aromatic heterocycles. The molecule has 0 aliphatic rings. The Balaban J connectivity index is 2.16. The molecule has 2 aromatic carbocycles. The number of rotatable bonds is 11. The summed E-state index contributed by atoms with van der Waals surface area (Å²) in [5.41, 5.74) is 2.38. The van der Waals surface area contributed by atoms with Crippen LogP contribution >= 0.6 is 0 Å². The summed E-state index contributed by atoms with van der Waals surface area (Å²) in [6, 6.07) is 11.7. The molecule has 170 valence electrons. The number of carbonyl (C=O) groups excluding carboxylic acids is 1. The first kappa shape index (κ1) is 24.5. The van der Waals surface area contributed by atoms with E-state index in [1.54, 1.807) is 25.1 Å². The summed E-state index contributed by atoms with van der Waals surface area (Å²) < 4.78 is 37.2. The van der Waals surface area contributed by atoms with E-state index in [-0.39, 0.29) is 6.54 Å². The molecule has 0 aliphatic carbocycles. The smallest absolute Gasteiger partial charge is 0.243 e. The number of anilines is 1. The third kappa shape index (κ3) is 6.62. The fourth-order valence-corrected chi connectivity index (χ4v) is 4.40. The first-order valence-electron chi connectivity index (χ1n) is 10.5. The maximum atomic E-state index is 12.8. The van der Waals surface area contributed by atoms with Crippen molar-refractivity contribution in [1.29, 1.82) is 0 Å². The van der Waals surface area contributed by atoms with E-state index in [0.717, 1.165) is 28.1 Å². The third-order valence-electron chi connectivity index (χ3n) is 4.76. The second-order valence-corrected chi connectivity index (χ2v) is 8.98. The van der Waals surface area contributed by atoms with Gasteiger partial charge in [0.1, 0.15) is 6.04 Å². The van der Waals surface area contributed by atoms with Crippen molar-refractivity contribution in [1.82, 2.24) is 5.32 Å². The van der Waals surface area contributed by atoms with Gasteiger partial charge in [0.15, 0.2) is 11.5 Å². The van der Waals surface area contributed by atoms with Gasteiger partial charge in [-0.15, -0.1) is 0 Å². The van der Waals surface area contributed by atoms with Gasteiger partial charge in [0.05, 0.1) is 25.2 Å². The maximum Gasteiger partial charge on any atom is 0.243 e. The maximum absolute atomic E-state index is 12.8. The average molecular weight is 449 g/mol. The van der Waals surface area contributed by atoms with Crippen molar-refractivity contribution in [3.63, 3.8) is 0 Å². The summed E-state index contributed by atoms with van der Waals surface area (Å²) >= 11 is 0. The van der Waals surface area contributed by atoms with Crippen molar-refractivity contribution in [3.8, 4) is 11.5 Å². The fraction of sp³-hybridized carbons (Fsp3) is 0.435. The number of hydrogen-bond acceptors (Lipinski definition) is 5. The molecule has 0 saturated heterocycles. The predicted molar refractivity (Wildman–Crippen MR) is 123 cm³/mol. The summed E-state index contributed by atoms with van der Waals surface area (Å²) in [7, 11) is -3.65. The quantitative estimate of drug-likeness (QED) is 0.569. The van der Waals surface area contributed by atoms with Crippen molar-refractivity contribution >= 4 is 21.6 Å². The van der Waals surface area contributed by atoms with Crippen LogP contribution in [0.15, 0.2) is 42.5 Å². The molecule has 0 fully saturated rings. The molecule has 7 nitrogen and oxygen atoms in total. The summed E-state index contributed by atoms with van der Waals surface area (Å²) in [6.45, 7) is 8.64. The predicted octanol–water partition coefficient (Wildman–Crippen LogP) is 3.52. The molecule has 0 heterocycles. The second kappa shape index (κ2) is 11.0. The number of nitrogens with zero attached hydrogens (tertiary/aromatic N) is 1. The SMILES string of the molecule is CCOc1ccc(CNC(=O)C(C)N(c2ccc(CC)cc2)S(C)(=O)=O)cc1OCC. The highest BCUT2D eigenvalue weighted by Crippen LogP contribution is 2.28. The van der Waals surface area contributed by atoms with Crippen molar-refractivity contribution in [2.24, 2.45) is 0 Å². The molecule has 8 heteroatoms. The lowest BCUT2D eigenvalue weighted by Crippen LogP contribution is -2.47. The van der Waals surface area contributed by atoms with Crippen LogP contribution in [-0.4, -0.2) is 39.8 Å². The van der Waals surface area contributed by atoms with Gasteiger partial charge < -0.3 is 14.8 Å². The van der Waals surface area contributed by atoms with Gasteiger partial charge in [-0.25, -0.2) is 8.42 Å². The topological polar surface area (TPSA) is 84.9 Å². The largest absolute Gasteiger partial charge is 0.490 e. The normalized spacial score (nSPS) is 12.2. The Hall–Kier alpha value is -2.74. The van der Waals surface area contributed by atoms with Crippen LogP contribution in [0.3, 0.4) is 0 Å². The van der Waals surface area contributed by atoms with Crippen molar-refractivity contribution in [3.05, 3.63) is 53.6 Å². The molecule has 2 aromatic rings. The first-order valence-corrected chi connectivity index (χ1v) is 12.3. The Kier molecular flexibility index (Phi) is 8.74. The van der Waals surface area contributed by atoms with Crippen LogP contribution in [0.4, 0.5) is 5.69 Å². The standard InChI is InChI=1S/C23H32N2O5S/c1-6-18-9-12-20(13-10-18)25(31(5,27)28)17(4)23(26)24-16-19-11-14-21(29-7-2)22(15-19)30-8-3/h9-15,17H,6-8,16H2,1-5H3,(H,24,26). The molecule has 1 amide bonds. The van der Waals surface area contributed by atoms with Crippen LogP contribution in [-0.2, 0) is 27.8 Å². The van der Waals surface area contributed by atoms with Crippen LogP contribution in [0, 0.1) is 0 Å². The number of ether oxygens (including phenoxy) is 2. The van der Waals surface area contributed by atoms with Crippen LogP contribution in [0.25, 0.3) is 0 Å². The zero-order valence-corrected chi connectivity index (χ0v) is 19.7. The van der Waals surface area contributed by atoms with E-state index in [1.165, 1.54) is 0 Å². The number of sulfonamides is 1. The Bertz CT molecular complexity index is 974. The summed E-state index contributed by atoms with van der Waals surface area (Å²) in [5.74, 6) is 0.862. The van der Waals surface area contributed by atoms with E-state index < -0.39 is 22.0 Å². The first-order chi connectivity index (χ1) is 14.7. The fourth-order valence-electron chi connectivity index (χ4n) is 3.23. The van der Waals surface area contributed by atoms with Gasteiger partial charge in [-0.2, -0.15) is 0 Å². The Morgan fingerprint density at radius 1 is 0.968 bits per heavy atom. The van der Waals surface area contributed by atoms with Crippen LogP contribution in [0.5, 0.6) is 11.5 Å². The summed E-state index contributed by atoms with van der Waals surface area (Å²) in [4.78, 5) is 12.8. The van der Waals surface area contributed by atoms with Gasteiger partial charge in [-0.1, -0.05) is 25.1 Å². The highest BCUT2D eigenvalue weighted by atomic mass is 32.2. The van der Waals surface area contributed by atoms with Crippen molar-refractivity contribution < 1.29 is 22.7 Å². The average Bonchev–Trinajstić information content (AvgIpc) is 2.73. The molecular formula is C23H32N2O5S. The lowest BCUT2D eigenvalue weighted by Gasteiger charge is -2.28. The molecule has 0 radical (unpaired) electrons. The molecule has 1 N–H and O–H groups in total. The Morgan fingerprint density at radius 2 is 1.55 bits per heavy atom. The van der Waals surface area contributed by atoms with Gasteiger partial charge in [0, 0.05) is 6.54 Å². The minimum absolute atomic E-state index is 0.238. The van der Waals surface area contributed by atoms with E-state index in [2.05, 4.69) is 5.32 Å². The van der Waals surface area contributed by atoms with E-state index in [9.17, 15) is 13.2 Å². The van der Waals surface area contributed by atoms with Gasteiger partial charge in [-0.05, 0) is 62.6 Å². The lowest BCUT2D eigenvalue weighted by atomic mass is 10.1. The van der Waals surface area contributed by atoms with E-state index >= 15 is 0 Å². The van der Waals surface area contributed by atoms with E-state index in [0.29, 0.717) is 30.4 Å². The van der Waals surface area contributed by atoms with E-state index in [4.69, 9.17) is 9.47 Å². The van der Waals surface area contributed by atoms with Gasteiger partial charge in [0.2, 0.25) is 15.9 Å². The van der Waals surface area contributed by atoms with Crippen molar-refractivity contribution in [2.45, 2.75) is 46.7 Å². The van der Waals surface area contributed by atoms with Crippen LogP contribution in [0.1, 0.15) is 38.8 Å². The second-order valence-electron chi connectivity index (χ2n) is 7.12. The minimum atomic E-state index is -3.65. The zero-order valence-electron chi connectivity index (χ0n) is 18.8. The molecule has 0 spiro atoms. The molecule has 2 rings (SSSR count). The lowest BCUT2D eigenvalue weighted by molar-refractivity contribution is -0.122.